The first-order valence-corrected chi connectivity index (χ1v) is 6.58. The first-order valence-electron chi connectivity index (χ1n) is 6.58. The highest BCUT2D eigenvalue weighted by molar-refractivity contribution is 5.60. The van der Waals surface area contributed by atoms with E-state index in [0.717, 1.165) is 18.8 Å². The maximum absolute atomic E-state index is 5.49. The second kappa shape index (κ2) is 4.81. The Balaban J connectivity index is 2.32. The normalized spacial score (nSPS) is 22.9. The molecule has 0 aliphatic carbocycles. The number of nitrogens with zero attached hydrogens (tertiary/aromatic N) is 1. The number of anilines is 1. The molecular formula is C15H24N2O. The number of piperazine rings is 1. The number of rotatable bonds is 2. The van der Waals surface area contributed by atoms with Gasteiger partial charge in [-0.1, -0.05) is 6.07 Å². The Kier molecular flexibility index (Phi) is 3.53. The fraction of sp³-hybridized carbons (Fsp3) is 0.600. The zero-order chi connectivity index (χ0) is 13.3. The smallest absolute Gasteiger partial charge is 0.142 e. The van der Waals surface area contributed by atoms with E-state index in [-0.39, 0.29) is 5.54 Å². The topological polar surface area (TPSA) is 24.5 Å². The molecule has 0 bridgehead atoms. The Hall–Kier alpha value is -1.22. The summed E-state index contributed by atoms with van der Waals surface area (Å²) in [5.41, 5.74) is 2.61. The van der Waals surface area contributed by atoms with Crippen LogP contribution in [-0.2, 0) is 0 Å². The Morgan fingerprint density at radius 1 is 1.39 bits per heavy atom. The maximum atomic E-state index is 5.49. The van der Waals surface area contributed by atoms with Crippen LogP contribution >= 0.6 is 0 Å². The molecule has 1 aliphatic rings. The molecule has 1 fully saturated rings. The summed E-state index contributed by atoms with van der Waals surface area (Å²) in [6, 6.07) is 6.86. The highest BCUT2D eigenvalue weighted by atomic mass is 16.5. The van der Waals surface area contributed by atoms with Crippen LogP contribution in [-0.4, -0.2) is 31.8 Å². The predicted octanol–water partition coefficient (Wildman–Crippen LogP) is 2.58. The summed E-state index contributed by atoms with van der Waals surface area (Å²) in [5, 5.41) is 3.62. The zero-order valence-electron chi connectivity index (χ0n) is 12.1. The van der Waals surface area contributed by atoms with Gasteiger partial charge in [0.05, 0.1) is 12.8 Å². The summed E-state index contributed by atoms with van der Waals surface area (Å²) in [5.74, 6) is 0.963. The maximum Gasteiger partial charge on any atom is 0.142 e. The highest BCUT2D eigenvalue weighted by Gasteiger charge is 2.30. The average molecular weight is 248 g/mol. The van der Waals surface area contributed by atoms with Crippen LogP contribution in [0.15, 0.2) is 18.2 Å². The van der Waals surface area contributed by atoms with E-state index in [1.807, 2.05) is 0 Å². The van der Waals surface area contributed by atoms with Gasteiger partial charge in [0.1, 0.15) is 5.75 Å². The van der Waals surface area contributed by atoms with Crippen molar-refractivity contribution in [2.75, 3.05) is 25.1 Å². The van der Waals surface area contributed by atoms with Gasteiger partial charge in [-0.2, -0.15) is 0 Å². The number of ether oxygens (including phenoxy) is 1. The Morgan fingerprint density at radius 3 is 2.72 bits per heavy atom. The summed E-state index contributed by atoms with van der Waals surface area (Å²) < 4.78 is 5.49. The van der Waals surface area contributed by atoms with E-state index >= 15 is 0 Å². The van der Waals surface area contributed by atoms with Gasteiger partial charge in [0, 0.05) is 24.7 Å². The van der Waals surface area contributed by atoms with Crippen LogP contribution in [0, 0.1) is 6.92 Å². The van der Waals surface area contributed by atoms with Crippen LogP contribution < -0.4 is 15.0 Å². The van der Waals surface area contributed by atoms with Crippen LogP contribution in [0.3, 0.4) is 0 Å². The van der Waals surface area contributed by atoms with Gasteiger partial charge < -0.3 is 15.0 Å². The van der Waals surface area contributed by atoms with Crippen LogP contribution in [0.1, 0.15) is 26.3 Å². The molecule has 0 radical (unpaired) electrons. The van der Waals surface area contributed by atoms with Crippen molar-refractivity contribution in [2.45, 2.75) is 39.3 Å². The molecule has 3 nitrogen and oxygen atoms in total. The summed E-state index contributed by atoms with van der Waals surface area (Å²) in [6.07, 6.45) is 0. The monoisotopic (exact) mass is 248 g/mol. The summed E-state index contributed by atoms with van der Waals surface area (Å²) in [7, 11) is 1.74. The van der Waals surface area contributed by atoms with Crippen molar-refractivity contribution in [1.29, 1.82) is 0 Å². The van der Waals surface area contributed by atoms with Gasteiger partial charge in [0.15, 0.2) is 0 Å². The molecule has 3 heteroatoms. The van der Waals surface area contributed by atoms with Gasteiger partial charge in [-0.15, -0.1) is 0 Å². The van der Waals surface area contributed by atoms with Crippen molar-refractivity contribution in [3.8, 4) is 5.75 Å². The van der Waals surface area contributed by atoms with E-state index in [1.165, 1.54) is 11.3 Å². The van der Waals surface area contributed by atoms with Crippen LogP contribution in [0.5, 0.6) is 5.75 Å². The molecule has 1 unspecified atom stereocenters. The molecule has 1 saturated heterocycles. The Labute approximate surface area is 110 Å². The van der Waals surface area contributed by atoms with Gasteiger partial charge in [0.2, 0.25) is 0 Å². The van der Waals surface area contributed by atoms with Crippen LogP contribution in [0.4, 0.5) is 5.69 Å². The molecule has 0 aromatic heterocycles. The largest absolute Gasteiger partial charge is 0.495 e. The molecule has 1 aromatic rings. The van der Waals surface area contributed by atoms with Crippen molar-refractivity contribution in [3.63, 3.8) is 0 Å². The molecule has 1 heterocycles. The van der Waals surface area contributed by atoms with E-state index in [4.69, 9.17) is 4.74 Å². The minimum atomic E-state index is 0.131. The van der Waals surface area contributed by atoms with Crippen molar-refractivity contribution in [3.05, 3.63) is 23.8 Å². The molecule has 18 heavy (non-hydrogen) atoms. The molecule has 0 spiro atoms. The number of aryl methyl sites for hydroxylation is 1. The minimum Gasteiger partial charge on any atom is -0.495 e. The van der Waals surface area contributed by atoms with Crippen LogP contribution in [0.25, 0.3) is 0 Å². The lowest BCUT2D eigenvalue weighted by Gasteiger charge is -2.44. The molecule has 0 amide bonds. The van der Waals surface area contributed by atoms with Crippen molar-refractivity contribution in [2.24, 2.45) is 0 Å². The molecule has 0 saturated carbocycles. The minimum absolute atomic E-state index is 0.131. The third kappa shape index (κ3) is 2.78. The molecule has 1 atom stereocenters. The first kappa shape index (κ1) is 13.2. The lowest BCUT2D eigenvalue weighted by Crippen LogP contribution is -2.61. The van der Waals surface area contributed by atoms with Crippen molar-refractivity contribution in [1.82, 2.24) is 5.32 Å². The number of hydrogen-bond donors (Lipinski definition) is 1. The van der Waals surface area contributed by atoms with Crippen LogP contribution in [0.2, 0.25) is 0 Å². The zero-order valence-corrected chi connectivity index (χ0v) is 12.1. The molecular weight excluding hydrogens is 224 g/mol. The summed E-state index contributed by atoms with van der Waals surface area (Å²) in [6.45, 7) is 10.9. The van der Waals surface area contributed by atoms with E-state index in [9.17, 15) is 0 Å². The number of nitrogens with one attached hydrogen (secondary N) is 1. The number of hydrogen-bond acceptors (Lipinski definition) is 3. The van der Waals surface area contributed by atoms with Gasteiger partial charge in [-0.3, -0.25) is 0 Å². The Morgan fingerprint density at radius 2 is 2.11 bits per heavy atom. The van der Waals surface area contributed by atoms with E-state index in [2.05, 4.69) is 56.1 Å². The van der Waals surface area contributed by atoms with Gasteiger partial charge in [-0.05, 0) is 45.4 Å². The average Bonchev–Trinajstić information content (AvgIpc) is 2.26. The molecule has 1 aromatic carbocycles. The predicted molar refractivity (Wildman–Crippen MR) is 76.6 cm³/mol. The van der Waals surface area contributed by atoms with Crippen molar-refractivity contribution >= 4 is 5.69 Å². The lowest BCUT2D eigenvalue weighted by molar-refractivity contribution is 0.299. The SMILES string of the molecule is COc1ccc(C)cc1N1CC(C)NC(C)(C)C1. The third-order valence-electron chi connectivity index (χ3n) is 3.39. The number of benzene rings is 1. The standard InChI is InChI=1S/C15H24N2O/c1-11-6-7-14(18-5)13(8-11)17-9-12(2)16-15(3,4)10-17/h6-8,12,16H,9-10H2,1-5H3. The second-order valence-electron chi connectivity index (χ2n) is 5.99. The fourth-order valence-corrected chi connectivity index (χ4v) is 2.86. The quantitative estimate of drug-likeness (QED) is 0.870. The molecule has 1 N–H and O–H groups in total. The molecule has 1 aliphatic heterocycles. The lowest BCUT2D eigenvalue weighted by atomic mass is 9.98. The van der Waals surface area contributed by atoms with E-state index in [1.54, 1.807) is 7.11 Å². The van der Waals surface area contributed by atoms with Gasteiger partial charge in [-0.25, -0.2) is 0 Å². The third-order valence-corrected chi connectivity index (χ3v) is 3.39. The first-order chi connectivity index (χ1) is 8.41. The van der Waals surface area contributed by atoms with E-state index < -0.39 is 0 Å². The summed E-state index contributed by atoms with van der Waals surface area (Å²) >= 11 is 0. The summed E-state index contributed by atoms with van der Waals surface area (Å²) in [4.78, 5) is 2.42. The molecule has 100 valence electrons. The van der Waals surface area contributed by atoms with Gasteiger partial charge in [0.25, 0.3) is 0 Å². The van der Waals surface area contributed by atoms with Crippen molar-refractivity contribution < 1.29 is 4.74 Å². The highest BCUT2D eigenvalue weighted by Crippen LogP contribution is 2.31. The van der Waals surface area contributed by atoms with E-state index in [0.29, 0.717) is 6.04 Å². The Bertz CT molecular complexity index is 429. The fourth-order valence-electron chi connectivity index (χ4n) is 2.86. The van der Waals surface area contributed by atoms with Gasteiger partial charge >= 0.3 is 0 Å². The number of methoxy groups -OCH3 is 1. The molecule has 2 rings (SSSR count). The second-order valence-corrected chi connectivity index (χ2v) is 5.99.